The summed E-state index contributed by atoms with van der Waals surface area (Å²) in [6.45, 7) is 1.93. The molecular formula is C8H12NO3P. The molecule has 0 radical (unpaired) electrons. The van der Waals surface area contributed by atoms with E-state index in [9.17, 15) is 9.36 Å². The van der Waals surface area contributed by atoms with E-state index in [0.717, 1.165) is 6.42 Å². The van der Waals surface area contributed by atoms with Crippen LogP contribution in [0.1, 0.15) is 19.8 Å². The molecule has 0 heterocycles. The van der Waals surface area contributed by atoms with Gasteiger partial charge in [0.25, 0.3) is 0 Å². The van der Waals surface area contributed by atoms with Gasteiger partial charge in [-0.3, -0.25) is 0 Å². The molecule has 0 aromatic heterocycles. The number of carboxylic acid groups (broad SMARTS) is 1. The van der Waals surface area contributed by atoms with Crippen LogP contribution in [0.15, 0.2) is 11.6 Å². The molecule has 0 aromatic rings. The van der Waals surface area contributed by atoms with E-state index in [-0.39, 0.29) is 7.92 Å². The molecule has 0 aromatic carbocycles. The van der Waals surface area contributed by atoms with Crippen LogP contribution in [0.3, 0.4) is 0 Å². The molecule has 1 unspecified atom stereocenters. The van der Waals surface area contributed by atoms with Crippen LogP contribution in [0, 0.1) is 5.63 Å². The zero-order valence-electron chi connectivity index (χ0n) is 7.36. The van der Waals surface area contributed by atoms with Gasteiger partial charge in [-0.05, 0) is 0 Å². The number of aliphatic carboxylic acids is 1. The fourth-order valence-electron chi connectivity index (χ4n) is 0.793. The third-order valence-electron chi connectivity index (χ3n) is 1.37. The van der Waals surface area contributed by atoms with Crippen molar-refractivity contribution in [2.75, 3.05) is 0 Å². The number of rotatable bonds is 4. The monoisotopic (exact) mass is 201 g/mol. The molecule has 0 amide bonds. The number of carboxylic acids is 1. The van der Waals surface area contributed by atoms with Crippen molar-refractivity contribution in [2.45, 2.75) is 25.8 Å². The zero-order chi connectivity index (χ0) is 10.3. The third-order valence-corrected chi connectivity index (χ3v) is 1.75. The molecular weight excluding hydrogens is 189 g/mol. The molecule has 3 N–H and O–H groups in total. The maximum atomic E-state index is 10.4. The second-order valence-electron chi connectivity index (χ2n) is 2.51. The fourth-order valence-corrected chi connectivity index (χ4v) is 1.10. The molecule has 0 spiro atoms. The van der Waals surface area contributed by atoms with E-state index in [0.29, 0.717) is 12.0 Å². The molecule has 0 saturated carbocycles. The Morgan fingerprint density at radius 3 is 2.77 bits per heavy atom. The third kappa shape index (κ3) is 5.42. The van der Waals surface area contributed by atoms with Gasteiger partial charge in [-0.2, -0.15) is 0 Å². The first-order valence-electron chi connectivity index (χ1n) is 3.89. The quantitative estimate of drug-likeness (QED) is 0.673. The van der Waals surface area contributed by atoms with Crippen LogP contribution in [0.2, 0.25) is 0 Å². The van der Waals surface area contributed by atoms with Gasteiger partial charge in [-0.25, -0.2) is 0 Å². The first kappa shape index (κ1) is 12.2. The van der Waals surface area contributed by atoms with Crippen molar-refractivity contribution in [3.8, 4) is 5.63 Å². The predicted octanol–water partition coefficient (Wildman–Crippen LogP) is 1.38. The van der Waals surface area contributed by atoms with E-state index in [1.54, 1.807) is 0 Å². The number of allylic oxidation sites excluding steroid dienone is 1. The Labute approximate surface area is 77.9 Å². The van der Waals surface area contributed by atoms with Gasteiger partial charge in [0.05, 0.1) is 0 Å². The van der Waals surface area contributed by atoms with Gasteiger partial charge in [0.15, 0.2) is 0 Å². The Hall–Kier alpha value is -0.820. The number of hydrogen-bond donors (Lipinski definition) is 2. The summed E-state index contributed by atoms with van der Waals surface area (Å²) in [6, 6.07) is -1.05. The second kappa shape index (κ2) is 6.67. The first-order chi connectivity index (χ1) is 6.11. The summed E-state index contributed by atoms with van der Waals surface area (Å²) in [5.41, 5.74) is 8.35. The van der Waals surface area contributed by atoms with E-state index in [4.69, 9.17) is 10.8 Å². The van der Waals surface area contributed by atoms with Crippen molar-refractivity contribution in [1.29, 1.82) is 0 Å². The number of carbonyl (C=O) groups is 1. The first-order valence-corrected chi connectivity index (χ1v) is 4.70. The SMILES string of the molecule is CCC/C(C#P=O)=C\C(N)C(=O)O. The molecule has 13 heavy (non-hydrogen) atoms. The summed E-state index contributed by atoms with van der Waals surface area (Å²) in [5, 5.41) is 8.49. The Morgan fingerprint density at radius 2 is 2.38 bits per heavy atom. The van der Waals surface area contributed by atoms with Crippen molar-refractivity contribution in [3.05, 3.63) is 11.6 Å². The molecule has 0 rings (SSSR count). The summed E-state index contributed by atoms with van der Waals surface area (Å²) in [6.07, 6.45) is 2.83. The molecule has 0 bridgehead atoms. The molecule has 0 aliphatic rings. The summed E-state index contributed by atoms with van der Waals surface area (Å²) < 4.78 is 10.2. The summed E-state index contributed by atoms with van der Waals surface area (Å²) in [7, 11) is -0.245. The molecule has 5 heteroatoms. The summed E-state index contributed by atoms with van der Waals surface area (Å²) in [5.74, 6) is -1.10. The van der Waals surface area contributed by atoms with Crippen LogP contribution >= 0.6 is 7.92 Å². The Morgan fingerprint density at radius 1 is 1.77 bits per heavy atom. The average Bonchev–Trinajstić information content (AvgIpc) is 2.05. The van der Waals surface area contributed by atoms with E-state index in [1.165, 1.54) is 6.08 Å². The molecule has 1 atom stereocenters. The van der Waals surface area contributed by atoms with Crippen molar-refractivity contribution in [1.82, 2.24) is 0 Å². The zero-order valence-corrected chi connectivity index (χ0v) is 8.25. The topological polar surface area (TPSA) is 80.4 Å². The van der Waals surface area contributed by atoms with E-state index in [1.807, 2.05) is 6.92 Å². The van der Waals surface area contributed by atoms with Gasteiger partial charge in [0, 0.05) is 0 Å². The number of nitrogens with two attached hydrogens (primary N) is 1. The fraction of sp³-hybridized carbons (Fsp3) is 0.500. The molecule has 0 fully saturated rings. The van der Waals surface area contributed by atoms with Gasteiger partial charge in [0.1, 0.15) is 0 Å². The number of hydrogen-bond acceptors (Lipinski definition) is 3. The standard InChI is InChI=1S/C8H12NO3P/c1-2-3-6(5-13-12)4-7(9)8(10)11/h4,7H,2-3,9H2,1H3,(H,10,11)/b6-4+. The van der Waals surface area contributed by atoms with E-state index >= 15 is 0 Å². The van der Waals surface area contributed by atoms with Crippen LogP contribution in [0.5, 0.6) is 0 Å². The summed E-state index contributed by atoms with van der Waals surface area (Å²) >= 11 is 0. The van der Waals surface area contributed by atoms with Gasteiger partial charge in [-0.15, -0.1) is 0 Å². The Bertz CT molecular complexity index is 304. The second-order valence-corrected chi connectivity index (χ2v) is 2.92. The Kier molecular flexibility index (Phi) is 6.25. The Balaban J connectivity index is 4.57. The maximum absolute atomic E-state index is 10.4. The average molecular weight is 201 g/mol. The minimum absolute atomic E-state index is 0.245. The van der Waals surface area contributed by atoms with Crippen LogP contribution in [-0.2, 0) is 9.36 Å². The molecule has 0 saturated heterocycles. The van der Waals surface area contributed by atoms with E-state index in [2.05, 4.69) is 5.63 Å². The predicted molar refractivity (Wildman–Crippen MR) is 50.1 cm³/mol. The minimum atomic E-state index is -1.10. The molecule has 4 nitrogen and oxygen atoms in total. The van der Waals surface area contributed by atoms with Crippen LogP contribution in [0.25, 0.3) is 0 Å². The molecule has 0 aliphatic carbocycles. The van der Waals surface area contributed by atoms with Crippen molar-refractivity contribution < 1.29 is 14.5 Å². The normalized spacial score (nSPS) is 13.2. The van der Waals surface area contributed by atoms with Gasteiger partial charge in [-0.1, -0.05) is 0 Å². The van der Waals surface area contributed by atoms with Crippen molar-refractivity contribution >= 4 is 13.9 Å². The van der Waals surface area contributed by atoms with Crippen LogP contribution < -0.4 is 5.73 Å². The van der Waals surface area contributed by atoms with Crippen LogP contribution in [-0.4, -0.2) is 17.1 Å². The van der Waals surface area contributed by atoms with E-state index < -0.39 is 12.0 Å². The molecule has 72 valence electrons. The van der Waals surface area contributed by atoms with Gasteiger partial charge < -0.3 is 0 Å². The van der Waals surface area contributed by atoms with Crippen molar-refractivity contribution in [2.24, 2.45) is 5.73 Å². The molecule has 0 aliphatic heterocycles. The van der Waals surface area contributed by atoms with Gasteiger partial charge >= 0.3 is 77.2 Å². The van der Waals surface area contributed by atoms with Crippen LogP contribution in [0.4, 0.5) is 0 Å². The summed E-state index contributed by atoms with van der Waals surface area (Å²) in [4.78, 5) is 10.4. The van der Waals surface area contributed by atoms with Gasteiger partial charge in [0.2, 0.25) is 0 Å². The van der Waals surface area contributed by atoms with Crippen molar-refractivity contribution in [3.63, 3.8) is 0 Å².